The molecule has 4 nitrogen and oxygen atoms in total. The standard InChI is InChI=1S/C13H15NO3S/c1-9-3-5-10(6-4-9)7-11(12(15)17-2)8-18-13(14)16/h3-7H,8H2,1-2H3,(H2,14,16)/b11-7+. The first-order chi connectivity index (χ1) is 8.52. The molecule has 0 fully saturated rings. The normalized spacial score (nSPS) is 11.1. The van der Waals surface area contributed by atoms with E-state index in [9.17, 15) is 9.59 Å². The lowest BCUT2D eigenvalue weighted by atomic mass is 10.1. The van der Waals surface area contributed by atoms with Gasteiger partial charge in [0.15, 0.2) is 0 Å². The Morgan fingerprint density at radius 1 is 1.33 bits per heavy atom. The Bertz CT molecular complexity index is 466. The maximum atomic E-state index is 11.5. The van der Waals surface area contributed by atoms with E-state index in [-0.39, 0.29) is 5.75 Å². The molecule has 18 heavy (non-hydrogen) atoms. The van der Waals surface area contributed by atoms with Crippen LogP contribution in [0, 0.1) is 6.92 Å². The number of hydrogen-bond donors (Lipinski definition) is 1. The van der Waals surface area contributed by atoms with Gasteiger partial charge in [0, 0.05) is 11.3 Å². The molecule has 1 aromatic rings. The van der Waals surface area contributed by atoms with Crippen LogP contribution in [0.15, 0.2) is 29.8 Å². The number of thioether (sulfide) groups is 1. The number of ether oxygens (including phenoxy) is 1. The fourth-order valence-electron chi connectivity index (χ4n) is 1.30. The molecule has 0 aromatic heterocycles. The van der Waals surface area contributed by atoms with E-state index in [4.69, 9.17) is 5.73 Å². The van der Waals surface area contributed by atoms with Gasteiger partial charge in [-0.15, -0.1) is 0 Å². The lowest BCUT2D eigenvalue weighted by Gasteiger charge is -2.04. The molecule has 0 aliphatic heterocycles. The second kappa shape index (κ2) is 6.86. The third kappa shape index (κ3) is 4.63. The molecule has 0 heterocycles. The highest BCUT2D eigenvalue weighted by Gasteiger charge is 2.11. The molecule has 0 saturated carbocycles. The maximum Gasteiger partial charge on any atom is 0.334 e. The molecular weight excluding hydrogens is 250 g/mol. The molecule has 1 aromatic carbocycles. The number of rotatable bonds is 4. The summed E-state index contributed by atoms with van der Waals surface area (Å²) in [4.78, 5) is 22.3. The summed E-state index contributed by atoms with van der Waals surface area (Å²) in [5, 5.41) is -0.520. The summed E-state index contributed by atoms with van der Waals surface area (Å²) in [5.74, 6) is -0.250. The lowest BCUT2D eigenvalue weighted by Crippen LogP contribution is -2.10. The Morgan fingerprint density at radius 2 is 1.94 bits per heavy atom. The summed E-state index contributed by atoms with van der Waals surface area (Å²) >= 11 is 0.875. The smallest absolute Gasteiger partial charge is 0.334 e. The predicted molar refractivity (Wildman–Crippen MR) is 73.2 cm³/mol. The maximum absolute atomic E-state index is 11.5. The predicted octanol–water partition coefficient (Wildman–Crippen LogP) is 2.36. The lowest BCUT2D eigenvalue weighted by molar-refractivity contribution is -0.135. The highest BCUT2D eigenvalue weighted by Crippen LogP contribution is 2.14. The van der Waals surface area contributed by atoms with Gasteiger partial charge in [0.2, 0.25) is 0 Å². The molecule has 0 saturated heterocycles. The molecule has 1 rings (SSSR count). The minimum absolute atomic E-state index is 0.204. The Morgan fingerprint density at radius 3 is 2.44 bits per heavy atom. The number of hydrogen-bond acceptors (Lipinski definition) is 4. The van der Waals surface area contributed by atoms with Crippen LogP contribution in [0.3, 0.4) is 0 Å². The van der Waals surface area contributed by atoms with Gasteiger partial charge < -0.3 is 10.5 Å². The van der Waals surface area contributed by atoms with Gasteiger partial charge in [0.25, 0.3) is 5.24 Å². The Hall–Kier alpha value is -1.75. The van der Waals surface area contributed by atoms with Crippen molar-refractivity contribution < 1.29 is 14.3 Å². The van der Waals surface area contributed by atoms with Gasteiger partial charge in [-0.25, -0.2) is 4.79 Å². The zero-order chi connectivity index (χ0) is 13.5. The fraction of sp³-hybridized carbons (Fsp3) is 0.231. The molecular formula is C13H15NO3S. The number of benzene rings is 1. The monoisotopic (exact) mass is 265 g/mol. The average Bonchev–Trinajstić information content (AvgIpc) is 2.35. The quantitative estimate of drug-likeness (QED) is 0.670. The van der Waals surface area contributed by atoms with Crippen LogP contribution in [0.5, 0.6) is 0 Å². The first kappa shape index (κ1) is 14.3. The molecule has 0 aliphatic rings. The highest BCUT2D eigenvalue weighted by molar-refractivity contribution is 8.13. The van der Waals surface area contributed by atoms with E-state index in [2.05, 4.69) is 4.74 Å². The third-order valence-corrected chi connectivity index (χ3v) is 2.98. The topological polar surface area (TPSA) is 69.4 Å². The number of nitrogens with two attached hydrogens (primary N) is 1. The van der Waals surface area contributed by atoms with Crippen LogP contribution in [0.1, 0.15) is 11.1 Å². The molecule has 2 N–H and O–H groups in total. The number of methoxy groups -OCH3 is 1. The minimum Gasteiger partial charge on any atom is -0.466 e. The SMILES string of the molecule is COC(=O)/C(=C/c1ccc(C)cc1)CSC(N)=O. The summed E-state index contributed by atoms with van der Waals surface area (Å²) in [6.07, 6.45) is 1.70. The zero-order valence-corrected chi connectivity index (χ0v) is 11.1. The highest BCUT2D eigenvalue weighted by atomic mass is 32.2. The third-order valence-electron chi connectivity index (χ3n) is 2.24. The summed E-state index contributed by atoms with van der Waals surface area (Å²) in [7, 11) is 1.31. The van der Waals surface area contributed by atoms with Crippen LogP contribution in [-0.4, -0.2) is 24.1 Å². The van der Waals surface area contributed by atoms with Crippen LogP contribution in [0.2, 0.25) is 0 Å². The molecule has 0 unspecified atom stereocenters. The minimum atomic E-state index is -0.520. The van der Waals surface area contributed by atoms with E-state index in [1.54, 1.807) is 6.08 Å². The van der Waals surface area contributed by atoms with E-state index < -0.39 is 11.2 Å². The van der Waals surface area contributed by atoms with E-state index >= 15 is 0 Å². The van der Waals surface area contributed by atoms with Gasteiger partial charge in [-0.05, 0) is 18.6 Å². The van der Waals surface area contributed by atoms with Crippen LogP contribution < -0.4 is 5.73 Å². The summed E-state index contributed by atoms with van der Waals surface area (Å²) in [5.41, 5.74) is 7.47. The van der Waals surface area contributed by atoms with Crippen molar-refractivity contribution in [2.45, 2.75) is 6.92 Å². The van der Waals surface area contributed by atoms with Crippen molar-refractivity contribution in [2.24, 2.45) is 5.73 Å². The fourth-order valence-corrected chi connectivity index (χ4v) is 1.80. The zero-order valence-electron chi connectivity index (χ0n) is 10.3. The number of amides is 1. The van der Waals surface area contributed by atoms with E-state index in [0.717, 1.165) is 22.9 Å². The second-order valence-electron chi connectivity index (χ2n) is 3.68. The summed E-state index contributed by atoms with van der Waals surface area (Å²) in [6, 6.07) is 7.68. The van der Waals surface area contributed by atoms with Crippen molar-refractivity contribution in [3.63, 3.8) is 0 Å². The van der Waals surface area contributed by atoms with Gasteiger partial charge in [-0.3, -0.25) is 4.79 Å². The number of aryl methyl sites for hydroxylation is 1. The largest absolute Gasteiger partial charge is 0.466 e. The first-order valence-electron chi connectivity index (χ1n) is 5.30. The Balaban J connectivity index is 2.90. The molecule has 1 amide bonds. The van der Waals surface area contributed by atoms with Crippen molar-refractivity contribution in [2.75, 3.05) is 12.9 Å². The Labute approximate surface area is 110 Å². The number of primary amides is 1. The summed E-state index contributed by atoms with van der Waals surface area (Å²) < 4.78 is 4.67. The van der Waals surface area contributed by atoms with Gasteiger partial charge >= 0.3 is 5.97 Å². The number of carbonyl (C=O) groups is 2. The van der Waals surface area contributed by atoms with Gasteiger partial charge in [0.1, 0.15) is 0 Å². The van der Waals surface area contributed by atoms with Crippen molar-refractivity contribution in [3.05, 3.63) is 41.0 Å². The van der Waals surface area contributed by atoms with Crippen LogP contribution in [-0.2, 0) is 9.53 Å². The van der Waals surface area contributed by atoms with Crippen LogP contribution in [0.25, 0.3) is 6.08 Å². The molecule has 0 bridgehead atoms. The molecule has 0 aliphatic carbocycles. The second-order valence-corrected chi connectivity index (χ2v) is 4.66. The Kier molecular flexibility index (Phi) is 5.45. The van der Waals surface area contributed by atoms with E-state index in [0.29, 0.717) is 5.57 Å². The summed E-state index contributed by atoms with van der Waals surface area (Å²) in [6.45, 7) is 1.98. The van der Waals surface area contributed by atoms with Crippen molar-refractivity contribution in [1.29, 1.82) is 0 Å². The van der Waals surface area contributed by atoms with Crippen molar-refractivity contribution >= 4 is 29.0 Å². The molecule has 5 heteroatoms. The van der Waals surface area contributed by atoms with E-state index in [1.165, 1.54) is 7.11 Å². The molecule has 0 spiro atoms. The molecule has 0 radical (unpaired) electrons. The van der Waals surface area contributed by atoms with Crippen LogP contribution in [0.4, 0.5) is 4.79 Å². The molecule has 96 valence electrons. The van der Waals surface area contributed by atoms with Gasteiger partial charge in [-0.2, -0.15) is 0 Å². The average molecular weight is 265 g/mol. The first-order valence-corrected chi connectivity index (χ1v) is 6.29. The number of carbonyl (C=O) groups excluding carboxylic acids is 2. The van der Waals surface area contributed by atoms with E-state index in [1.807, 2.05) is 31.2 Å². The number of esters is 1. The molecule has 0 atom stereocenters. The van der Waals surface area contributed by atoms with Gasteiger partial charge in [0.05, 0.1) is 7.11 Å². The van der Waals surface area contributed by atoms with Gasteiger partial charge in [-0.1, -0.05) is 41.6 Å². The van der Waals surface area contributed by atoms with Crippen molar-refractivity contribution in [3.8, 4) is 0 Å². The van der Waals surface area contributed by atoms with Crippen LogP contribution >= 0.6 is 11.8 Å². The van der Waals surface area contributed by atoms with Crippen molar-refractivity contribution in [1.82, 2.24) is 0 Å².